The number of carbonyl (C=O) groups excluding carboxylic acids is 2. The molecule has 1 aliphatic heterocycles. The van der Waals surface area contributed by atoms with E-state index in [1.165, 1.54) is 12.1 Å². The first-order valence-corrected chi connectivity index (χ1v) is 15.9. The highest BCUT2D eigenvalue weighted by molar-refractivity contribution is 6.31. The van der Waals surface area contributed by atoms with Crippen molar-refractivity contribution in [2.75, 3.05) is 13.1 Å². The summed E-state index contributed by atoms with van der Waals surface area (Å²) in [6.07, 6.45) is 3.21. The third kappa shape index (κ3) is 7.71. The van der Waals surface area contributed by atoms with Gasteiger partial charge in [0.2, 0.25) is 0 Å². The second-order valence-electron chi connectivity index (χ2n) is 14.5. The molecule has 1 saturated heterocycles. The lowest BCUT2D eigenvalue weighted by Gasteiger charge is -2.63. The Kier molecular flexibility index (Phi) is 10.1. The largest absolute Gasteiger partial charge is 0.489 e. The van der Waals surface area contributed by atoms with Crippen molar-refractivity contribution in [2.24, 2.45) is 16.7 Å². The highest BCUT2D eigenvalue weighted by atomic mass is 35.5. The zero-order valence-electron chi connectivity index (χ0n) is 27.2. The predicted molar refractivity (Wildman–Crippen MR) is 169 cm³/mol. The van der Waals surface area contributed by atoms with Crippen molar-refractivity contribution < 1.29 is 27.8 Å². The molecule has 1 saturated carbocycles. The molecule has 45 heavy (non-hydrogen) atoms. The van der Waals surface area contributed by atoms with Gasteiger partial charge in [-0.05, 0) is 88.6 Å². The summed E-state index contributed by atoms with van der Waals surface area (Å²) in [7, 11) is 0. The molecule has 4 rings (SSSR count). The summed E-state index contributed by atoms with van der Waals surface area (Å²) in [6.45, 7) is 14.5. The topological polar surface area (TPSA) is 91.7 Å². The number of likely N-dealkylation sites (tertiary alicyclic amines) is 1. The Morgan fingerprint density at radius 3 is 2.20 bits per heavy atom. The molecular weight excluding hydrogens is 600 g/mol. The molecule has 2 amide bonds. The van der Waals surface area contributed by atoms with Crippen molar-refractivity contribution >= 4 is 23.6 Å². The van der Waals surface area contributed by atoms with Gasteiger partial charge in [-0.15, -0.1) is 0 Å². The molecule has 0 radical (unpaired) electrons. The van der Waals surface area contributed by atoms with Crippen LogP contribution in [-0.4, -0.2) is 47.7 Å². The lowest BCUT2D eigenvalue weighted by Crippen LogP contribution is -2.74. The predicted octanol–water partition coefficient (Wildman–Crippen LogP) is 8.07. The molecule has 0 aromatic heterocycles. The van der Waals surface area contributed by atoms with E-state index in [9.17, 15) is 9.59 Å². The molecule has 10 heteroatoms. The van der Waals surface area contributed by atoms with E-state index in [1.807, 2.05) is 54.5 Å². The van der Waals surface area contributed by atoms with Gasteiger partial charge in [-0.25, -0.2) is 13.6 Å². The number of halogens is 3. The van der Waals surface area contributed by atoms with Gasteiger partial charge in [-0.2, -0.15) is 5.26 Å². The average molecular weight is 644 g/mol. The van der Waals surface area contributed by atoms with Crippen LogP contribution in [-0.2, 0) is 11.2 Å². The van der Waals surface area contributed by atoms with Crippen LogP contribution in [0.1, 0.15) is 95.6 Å². The van der Waals surface area contributed by atoms with Crippen LogP contribution in [0.4, 0.5) is 13.6 Å². The van der Waals surface area contributed by atoms with Crippen LogP contribution < -0.4 is 10.1 Å². The van der Waals surface area contributed by atoms with Crippen LogP contribution in [0.3, 0.4) is 0 Å². The molecule has 1 aliphatic carbocycles. The first kappa shape index (κ1) is 34.5. The third-order valence-corrected chi connectivity index (χ3v) is 9.42. The SMILES string of the molecule is CC(C)(C)OC(=O)N1CCC(CCCc2cc(F)c(C(=O)NC3C(C)(C)C(Oc4ccc(C#N)c(Cl)c4)C3(C)C)c(F)c2)CC1. The summed E-state index contributed by atoms with van der Waals surface area (Å²) < 4.78 is 42.1. The van der Waals surface area contributed by atoms with Crippen LogP contribution in [0.15, 0.2) is 30.3 Å². The van der Waals surface area contributed by atoms with Gasteiger partial charge in [0.25, 0.3) is 5.91 Å². The molecule has 2 fully saturated rings. The van der Waals surface area contributed by atoms with Crippen molar-refractivity contribution in [3.8, 4) is 11.8 Å². The van der Waals surface area contributed by atoms with Crippen LogP contribution in [0.5, 0.6) is 5.75 Å². The number of nitrogens with zero attached hydrogens (tertiary/aromatic N) is 2. The third-order valence-electron chi connectivity index (χ3n) is 9.10. The van der Waals surface area contributed by atoms with E-state index in [4.69, 9.17) is 26.3 Å². The van der Waals surface area contributed by atoms with Gasteiger partial charge >= 0.3 is 6.09 Å². The molecule has 1 heterocycles. The highest BCUT2D eigenvalue weighted by Crippen LogP contribution is 2.55. The molecule has 2 aromatic rings. The van der Waals surface area contributed by atoms with Gasteiger partial charge in [-0.3, -0.25) is 4.79 Å². The molecule has 0 atom stereocenters. The normalized spacial score (nSPS) is 21.0. The monoisotopic (exact) mass is 643 g/mol. The van der Waals surface area contributed by atoms with Gasteiger partial charge in [0, 0.05) is 36.0 Å². The fraction of sp³-hybridized carbons (Fsp3) is 0.571. The van der Waals surface area contributed by atoms with E-state index in [0.29, 0.717) is 42.3 Å². The number of hydrogen-bond donors (Lipinski definition) is 1. The van der Waals surface area contributed by atoms with Gasteiger partial charge in [-0.1, -0.05) is 39.3 Å². The van der Waals surface area contributed by atoms with E-state index < -0.39 is 45.6 Å². The number of piperidine rings is 1. The number of aryl methyl sites for hydroxylation is 1. The summed E-state index contributed by atoms with van der Waals surface area (Å²) in [6, 6.07) is 8.92. The smallest absolute Gasteiger partial charge is 0.410 e. The second kappa shape index (κ2) is 13.2. The van der Waals surface area contributed by atoms with Crippen molar-refractivity contribution in [3.63, 3.8) is 0 Å². The quantitative estimate of drug-likeness (QED) is 0.314. The van der Waals surface area contributed by atoms with E-state index in [0.717, 1.165) is 25.7 Å². The zero-order chi connectivity index (χ0) is 33.3. The molecular formula is C35H44ClF2N3O4. The highest BCUT2D eigenvalue weighted by Gasteiger charge is 2.64. The maximum Gasteiger partial charge on any atom is 0.410 e. The summed E-state index contributed by atoms with van der Waals surface area (Å²) in [5.41, 5.74) is -1.42. The Morgan fingerprint density at radius 1 is 1.07 bits per heavy atom. The first-order chi connectivity index (χ1) is 20.9. The summed E-state index contributed by atoms with van der Waals surface area (Å²) in [5.74, 6) is -1.65. The van der Waals surface area contributed by atoms with Crippen molar-refractivity contribution in [1.82, 2.24) is 10.2 Å². The first-order valence-electron chi connectivity index (χ1n) is 15.6. The Balaban J connectivity index is 1.31. The number of nitriles is 1. The van der Waals surface area contributed by atoms with Gasteiger partial charge in [0.05, 0.1) is 10.6 Å². The van der Waals surface area contributed by atoms with E-state index in [1.54, 1.807) is 23.1 Å². The molecule has 1 N–H and O–H groups in total. The number of hydrogen-bond acceptors (Lipinski definition) is 5. The number of carbonyl (C=O) groups is 2. The van der Waals surface area contributed by atoms with Crippen LogP contribution in [0.2, 0.25) is 5.02 Å². The molecule has 0 spiro atoms. The Hall–Kier alpha value is -3.38. The number of nitrogens with one attached hydrogen (secondary N) is 1. The Bertz CT molecular complexity index is 1430. The minimum absolute atomic E-state index is 0.282. The van der Waals surface area contributed by atoms with Crippen molar-refractivity contribution in [1.29, 1.82) is 5.26 Å². The van der Waals surface area contributed by atoms with Crippen LogP contribution in [0.25, 0.3) is 0 Å². The van der Waals surface area contributed by atoms with Crippen LogP contribution in [0, 0.1) is 39.7 Å². The number of rotatable bonds is 8. The minimum Gasteiger partial charge on any atom is -0.489 e. The fourth-order valence-corrected chi connectivity index (χ4v) is 7.32. The molecule has 0 unspecified atom stereocenters. The molecule has 0 bridgehead atoms. The second-order valence-corrected chi connectivity index (χ2v) is 14.9. The summed E-state index contributed by atoms with van der Waals surface area (Å²) in [5, 5.41) is 12.3. The van der Waals surface area contributed by atoms with Crippen molar-refractivity contribution in [3.05, 3.63) is 63.7 Å². The average Bonchev–Trinajstić information content (AvgIpc) is 2.93. The lowest BCUT2D eigenvalue weighted by atomic mass is 9.49. The number of benzene rings is 2. The molecule has 2 aliphatic rings. The van der Waals surface area contributed by atoms with Gasteiger partial charge in [0.1, 0.15) is 40.7 Å². The standard InChI is InChI=1S/C35H44ClF2N3O4/c1-33(2,3)45-32(43)41-15-13-21(14-16-41)9-8-10-22-17-26(37)28(27(38)18-22)29(42)40-30-34(4,5)31(35(30,6)7)44-24-12-11-23(20-39)25(36)19-24/h11-12,17-19,21,30-31H,8-10,13-16H2,1-7H3,(H,40,42). The van der Waals surface area contributed by atoms with Crippen molar-refractivity contribution in [2.45, 2.75) is 98.3 Å². The summed E-state index contributed by atoms with van der Waals surface area (Å²) >= 11 is 6.17. The van der Waals surface area contributed by atoms with Gasteiger partial charge in [0.15, 0.2) is 0 Å². The van der Waals surface area contributed by atoms with E-state index in [-0.39, 0.29) is 17.2 Å². The number of ether oxygens (including phenoxy) is 2. The zero-order valence-corrected chi connectivity index (χ0v) is 28.0. The maximum atomic E-state index is 15.2. The van der Waals surface area contributed by atoms with Gasteiger partial charge < -0.3 is 19.7 Å². The Morgan fingerprint density at radius 2 is 1.67 bits per heavy atom. The molecule has 7 nitrogen and oxygen atoms in total. The van der Waals surface area contributed by atoms with Crippen LogP contribution >= 0.6 is 11.6 Å². The summed E-state index contributed by atoms with van der Waals surface area (Å²) in [4.78, 5) is 27.2. The maximum absolute atomic E-state index is 15.2. The Labute approximate surface area is 270 Å². The fourth-order valence-electron chi connectivity index (χ4n) is 7.11. The minimum atomic E-state index is -0.886. The number of amides is 2. The van der Waals surface area contributed by atoms with E-state index in [2.05, 4.69) is 5.32 Å². The lowest BCUT2D eigenvalue weighted by molar-refractivity contribution is -0.164. The molecule has 244 valence electrons. The van der Waals surface area contributed by atoms with E-state index >= 15 is 8.78 Å². The molecule has 2 aromatic carbocycles.